The van der Waals surface area contributed by atoms with Gasteiger partial charge in [-0.3, -0.25) is 10.1 Å². The number of aryl methyl sites for hydroxylation is 1. The van der Waals surface area contributed by atoms with Crippen LogP contribution in [0.1, 0.15) is 18.4 Å². The lowest BCUT2D eigenvalue weighted by molar-refractivity contribution is -0.384. The van der Waals surface area contributed by atoms with E-state index < -0.39 is 4.92 Å². The molecule has 2 aromatic rings. The first-order valence-corrected chi connectivity index (χ1v) is 6.64. The van der Waals surface area contributed by atoms with Gasteiger partial charge in [0.1, 0.15) is 5.82 Å². The van der Waals surface area contributed by atoms with Gasteiger partial charge < -0.3 is 10.6 Å². The van der Waals surface area contributed by atoms with Gasteiger partial charge in [-0.25, -0.2) is 9.97 Å². The number of nitrogens with zero attached hydrogens (tertiary/aromatic N) is 3. The van der Waals surface area contributed by atoms with E-state index in [9.17, 15) is 10.1 Å². The first-order chi connectivity index (χ1) is 10.1. The number of aromatic nitrogens is 2. The predicted molar refractivity (Wildman–Crippen MR) is 81.4 cm³/mol. The van der Waals surface area contributed by atoms with Crippen molar-refractivity contribution in [2.24, 2.45) is 0 Å². The third-order valence-electron chi connectivity index (χ3n) is 2.82. The highest BCUT2D eigenvalue weighted by Gasteiger charge is 2.09. The lowest BCUT2D eigenvalue weighted by Crippen LogP contribution is -2.05. The van der Waals surface area contributed by atoms with Crippen molar-refractivity contribution in [3.8, 4) is 0 Å². The van der Waals surface area contributed by atoms with Crippen molar-refractivity contribution in [3.05, 3.63) is 52.1 Å². The second-order valence-electron chi connectivity index (χ2n) is 4.50. The maximum atomic E-state index is 11.0. The van der Waals surface area contributed by atoms with Gasteiger partial charge in [-0.05, 0) is 26.0 Å². The largest absolute Gasteiger partial charge is 0.385 e. The Labute approximate surface area is 122 Å². The Kier molecular flexibility index (Phi) is 4.65. The average molecular weight is 287 g/mol. The van der Waals surface area contributed by atoms with Gasteiger partial charge >= 0.3 is 0 Å². The topological polar surface area (TPSA) is 93.0 Å². The van der Waals surface area contributed by atoms with E-state index in [1.807, 2.05) is 26.0 Å². The Morgan fingerprint density at radius 2 is 1.95 bits per heavy atom. The molecule has 1 aromatic carbocycles. The van der Waals surface area contributed by atoms with Crippen LogP contribution >= 0.6 is 0 Å². The van der Waals surface area contributed by atoms with E-state index in [-0.39, 0.29) is 5.69 Å². The first-order valence-electron chi connectivity index (χ1n) is 6.64. The van der Waals surface area contributed by atoms with Crippen LogP contribution in [0.25, 0.3) is 0 Å². The van der Waals surface area contributed by atoms with E-state index in [1.165, 1.54) is 12.1 Å². The zero-order valence-corrected chi connectivity index (χ0v) is 12.0. The summed E-state index contributed by atoms with van der Waals surface area (Å²) in [4.78, 5) is 18.9. The summed E-state index contributed by atoms with van der Waals surface area (Å²) in [6.07, 6.45) is 1.69. The van der Waals surface area contributed by atoms with E-state index in [0.29, 0.717) is 30.3 Å². The van der Waals surface area contributed by atoms with Crippen LogP contribution in [0.2, 0.25) is 0 Å². The molecule has 0 aliphatic heterocycles. The third-order valence-corrected chi connectivity index (χ3v) is 2.82. The molecule has 0 fully saturated rings. The van der Waals surface area contributed by atoms with Crippen molar-refractivity contribution >= 4 is 17.1 Å². The van der Waals surface area contributed by atoms with E-state index in [4.69, 9.17) is 0 Å². The molecule has 0 aliphatic carbocycles. The molecule has 0 saturated heterocycles. The maximum Gasteiger partial charge on any atom is 0.273 e. The van der Waals surface area contributed by atoms with Crippen molar-refractivity contribution in [1.29, 1.82) is 0 Å². The fourth-order valence-electron chi connectivity index (χ4n) is 1.92. The normalized spacial score (nSPS) is 10.2. The van der Waals surface area contributed by atoms with Crippen molar-refractivity contribution in [3.63, 3.8) is 0 Å². The van der Waals surface area contributed by atoms with Gasteiger partial charge in [-0.15, -0.1) is 0 Å². The van der Waals surface area contributed by atoms with Crippen molar-refractivity contribution in [2.75, 3.05) is 17.2 Å². The molecule has 7 nitrogen and oxygen atoms in total. The van der Waals surface area contributed by atoms with E-state index >= 15 is 0 Å². The first kappa shape index (κ1) is 14.7. The van der Waals surface area contributed by atoms with Crippen LogP contribution in [-0.4, -0.2) is 21.4 Å². The van der Waals surface area contributed by atoms with Crippen LogP contribution in [0.5, 0.6) is 0 Å². The Balaban J connectivity index is 2.16. The lowest BCUT2D eigenvalue weighted by Gasteiger charge is -2.09. The number of nitro benzene ring substituents is 1. The second-order valence-corrected chi connectivity index (χ2v) is 4.50. The molecule has 7 heteroatoms. The number of rotatable bonds is 6. The lowest BCUT2D eigenvalue weighted by atomic mass is 10.2. The number of hydrogen-bond donors (Lipinski definition) is 2. The number of benzene rings is 1. The Morgan fingerprint density at radius 1 is 1.24 bits per heavy atom. The van der Waals surface area contributed by atoms with Crippen LogP contribution in [0.3, 0.4) is 0 Å². The smallest absolute Gasteiger partial charge is 0.273 e. The highest BCUT2D eigenvalue weighted by atomic mass is 16.6. The SMILES string of the molecule is CCNc1cc(NCc2ccnc(C)n2)cc([N+](=O)[O-])c1. The summed E-state index contributed by atoms with van der Waals surface area (Å²) in [7, 11) is 0. The van der Waals surface area contributed by atoms with Crippen LogP contribution in [0, 0.1) is 17.0 Å². The van der Waals surface area contributed by atoms with Crippen LogP contribution in [0.15, 0.2) is 30.5 Å². The van der Waals surface area contributed by atoms with E-state index in [2.05, 4.69) is 20.6 Å². The monoisotopic (exact) mass is 287 g/mol. The minimum atomic E-state index is -0.402. The van der Waals surface area contributed by atoms with Gasteiger partial charge in [0.2, 0.25) is 0 Å². The highest BCUT2D eigenvalue weighted by molar-refractivity contribution is 5.63. The molecule has 0 unspecified atom stereocenters. The zero-order chi connectivity index (χ0) is 15.2. The van der Waals surface area contributed by atoms with Gasteiger partial charge in [0.15, 0.2) is 0 Å². The molecule has 0 aliphatic rings. The van der Waals surface area contributed by atoms with E-state index in [0.717, 1.165) is 5.69 Å². The molecule has 2 rings (SSSR count). The summed E-state index contributed by atoms with van der Waals surface area (Å²) in [5, 5.41) is 17.2. The van der Waals surface area contributed by atoms with Crippen molar-refractivity contribution in [2.45, 2.75) is 20.4 Å². The quantitative estimate of drug-likeness (QED) is 0.627. The van der Waals surface area contributed by atoms with Gasteiger partial charge in [0.05, 0.1) is 17.2 Å². The van der Waals surface area contributed by atoms with Crippen molar-refractivity contribution < 1.29 is 4.92 Å². The Morgan fingerprint density at radius 3 is 2.57 bits per heavy atom. The fourth-order valence-corrected chi connectivity index (χ4v) is 1.92. The number of hydrogen-bond acceptors (Lipinski definition) is 6. The maximum absolute atomic E-state index is 11.0. The van der Waals surface area contributed by atoms with Gasteiger partial charge in [-0.1, -0.05) is 0 Å². The Bertz CT molecular complexity index is 645. The zero-order valence-electron chi connectivity index (χ0n) is 12.0. The summed E-state index contributed by atoms with van der Waals surface area (Å²) < 4.78 is 0. The van der Waals surface area contributed by atoms with Crippen LogP contribution in [0.4, 0.5) is 17.1 Å². The van der Waals surface area contributed by atoms with Gasteiger partial charge in [0.25, 0.3) is 5.69 Å². The molecule has 0 atom stereocenters. The number of non-ortho nitro benzene ring substituents is 1. The van der Waals surface area contributed by atoms with Crippen LogP contribution < -0.4 is 10.6 Å². The highest BCUT2D eigenvalue weighted by Crippen LogP contribution is 2.24. The molecule has 0 spiro atoms. The average Bonchev–Trinajstić information content (AvgIpc) is 2.45. The molecule has 0 amide bonds. The summed E-state index contributed by atoms with van der Waals surface area (Å²) in [6.45, 7) is 4.94. The summed E-state index contributed by atoms with van der Waals surface area (Å²) in [5.74, 6) is 0.696. The van der Waals surface area contributed by atoms with E-state index in [1.54, 1.807) is 6.20 Å². The standard InChI is InChI=1S/C14H17N5O2/c1-3-15-12-6-13(8-14(7-12)19(20)21)17-9-11-4-5-16-10(2)18-11/h4-8,15,17H,3,9H2,1-2H3. The molecular weight excluding hydrogens is 270 g/mol. The second kappa shape index (κ2) is 6.65. The minimum Gasteiger partial charge on any atom is -0.385 e. The summed E-state index contributed by atoms with van der Waals surface area (Å²) in [6, 6.07) is 6.67. The fraction of sp³-hybridized carbons (Fsp3) is 0.286. The summed E-state index contributed by atoms with van der Waals surface area (Å²) in [5.41, 5.74) is 2.28. The summed E-state index contributed by atoms with van der Waals surface area (Å²) >= 11 is 0. The third kappa shape index (κ3) is 4.13. The number of anilines is 2. The molecular formula is C14H17N5O2. The molecule has 1 aromatic heterocycles. The molecule has 0 bridgehead atoms. The molecule has 2 N–H and O–H groups in total. The van der Waals surface area contributed by atoms with Gasteiger partial charge in [0, 0.05) is 36.2 Å². The van der Waals surface area contributed by atoms with Crippen LogP contribution in [-0.2, 0) is 6.54 Å². The molecule has 21 heavy (non-hydrogen) atoms. The minimum absolute atomic E-state index is 0.0508. The molecule has 0 radical (unpaired) electrons. The number of nitro groups is 1. The molecule has 0 saturated carbocycles. The number of nitrogens with one attached hydrogen (secondary N) is 2. The molecule has 110 valence electrons. The van der Waals surface area contributed by atoms with Gasteiger partial charge in [-0.2, -0.15) is 0 Å². The Hall–Kier alpha value is -2.70. The predicted octanol–water partition coefficient (Wildman–Crippen LogP) is 2.74. The molecule has 1 heterocycles. The van der Waals surface area contributed by atoms with Crippen molar-refractivity contribution in [1.82, 2.24) is 9.97 Å².